The van der Waals surface area contributed by atoms with Crippen LogP contribution in [0, 0.1) is 6.92 Å². The molecule has 1 aliphatic heterocycles. The van der Waals surface area contributed by atoms with Gasteiger partial charge in [0.15, 0.2) is 0 Å². The standard InChI is InChI=1S/C16H23N3O/c1-12-5-8-19(9-6-12)10-7-16(20)18-15-4-3-14(17)11-13(15)2/h3-5,11H,6-10,17H2,1-2H3,(H,18,20). The second kappa shape index (κ2) is 6.57. The molecule has 0 saturated heterocycles. The average Bonchev–Trinajstić information content (AvgIpc) is 2.41. The number of anilines is 2. The molecule has 0 fully saturated rings. The zero-order valence-corrected chi connectivity index (χ0v) is 12.3. The van der Waals surface area contributed by atoms with E-state index in [1.807, 2.05) is 19.1 Å². The van der Waals surface area contributed by atoms with Crippen molar-refractivity contribution in [3.8, 4) is 0 Å². The third-order valence-corrected chi connectivity index (χ3v) is 3.70. The van der Waals surface area contributed by atoms with Gasteiger partial charge in [0.1, 0.15) is 0 Å². The Balaban J connectivity index is 1.81. The molecule has 1 aromatic rings. The van der Waals surface area contributed by atoms with Crippen LogP contribution in [0.5, 0.6) is 0 Å². The van der Waals surface area contributed by atoms with Crippen LogP contribution in [0.1, 0.15) is 25.3 Å². The summed E-state index contributed by atoms with van der Waals surface area (Å²) in [5.41, 5.74) is 9.71. The van der Waals surface area contributed by atoms with Crippen LogP contribution in [0.15, 0.2) is 29.8 Å². The van der Waals surface area contributed by atoms with E-state index in [4.69, 9.17) is 5.73 Å². The van der Waals surface area contributed by atoms with E-state index in [-0.39, 0.29) is 5.91 Å². The number of amides is 1. The van der Waals surface area contributed by atoms with Crippen molar-refractivity contribution in [3.05, 3.63) is 35.4 Å². The number of aryl methyl sites for hydroxylation is 1. The molecule has 2 rings (SSSR count). The van der Waals surface area contributed by atoms with Gasteiger partial charge in [-0.1, -0.05) is 11.6 Å². The third kappa shape index (κ3) is 4.10. The molecule has 0 radical (unpaired) electrons. The van der Waals surface area contributed by atoms with Gasteiger partial charge in [-0.3, -0.25) is 9.69 Å². The van der Waals surface area contributed by atoms with Crippen molar-refractivity contribution < 1.29 is 4.79 Å². The molecule has 3 N–H and O–H groups in total. The summed E-state index contributed by atoms with van der Waals surface area (Å²) in [5.74, 6) is 0.0594. The Kier molecular flexibility index (Phi) is 4.79. The zero-order chi connectivity index (χ0) is 14.5. The molecule has 0 saturated carbocycles. The highest BCUT2D eigenvalue weighted by molar-refractivity contribution is 5.91. The van der Waals surface area contributed by atoms with Crippen molar-refractivity contribution in [2.45, 2.75) is 26.7 Å². The molecule has 108 valence electrons. The van der Waals surface area contributed by atoms with Gasteiger partial charge in [0, 0.05) is 37.4 Å². The number of hydrogen-bond acceptors (Lipinski definition) is 3. The Morgan fingerprint density at radius 3 is 2.85 bits per heavy atom. The van der Waals surface area contributed by atoms with E-state index in [2.05, 4.69) is 23.2 Å². The van der Waals surface area contributed by atoms with E-state index < -0.39 is 0 Å². The minimum Gasteiger partial charge on any atom is -0.399 e. The van der Waals surface area contributed by atoms with Gasteiger partial charge in [0.25, 0.3) is 0 Å². The fraction of sp³-hybridized carbons (Fsp3) is 0.438. The fourth-order valence-corrected chi connectivity index (χ4v) is 2.32. The molecule has 1 heterocycles. The Morgan fingerprint density at radius 1 is 1.40 bits per heavy atom. The molecule has 0 aliphatic carbocycles. The Labute approximate surface area is 120 Å². The second-order valence-electron chi connectivity index (χ2n) is 5.47. The zero-order valence-electron chi connectivity index (χ0n) is 12.3. The topological polar surface area (TPSA) is 58.4 Å². The van der Waals surface area contributed by atoms with E-state index in [9.17, 15) is 4.79 Å². The summed E-state index contributed by atoms with van der Waals surface area (Å²) in [7, 11) is 0. The van der Waals surface area contributed by atoms with Crippen LogP contribution in [-0.2, 0) is 4.79 Å². The molecule has 4 nitrogen and oxygen atoms in total. The van der Waals surface area contributed by atoms with Crippen molar-refractivity contribution in [1.29, 1.82) is 0 Å². The van der Waals surface area contributed by atoms with Crippen LogP contribution >= 0.6 is 0 Å². The molecule has 20 heavy (non-hydrogen) atoms. The normalized spacial score (nSPS) is 15.8. The smallest absolute Gasteiger partial charge is 0.225 e. The maximum atomic E-state index is 12.0. The lowest BCUT2D eigenvalue weighted by molar-refractivity contribution is -0.116. The lowest BCUT2D eigenvalue weighted by Crippen LogP contribution is -2.31. The van der Waals surface area contributed by atoms with Crippen molar-refractivity contribution in [1.82, 2.24) is 4.90 Å². The third-order valence-electron chi connectivity index (χ3n) is 3.70. The van der Waals surface area contributed by atoms with Crippen LogP contribution in [0.25, 0.3) is 0 Å². The van der Waals surface area contributed by atoms with Crippen LogP contribution in [-0.4, -0.2) is 30.4 Å². The van der Waals surface area contributed by atoms with E-state index in [0.29, 0.717) is 6.42 Å². The number of nitrogens with two attached hydrogens (primary N) is 1. The number of carbonyl (C=O) groups is 1. The molecule has 0 atom stereocenters. The fourth-order valence-electron chi connectivity index (χ4n) is 2.32. The monoisotopic (exact) mass is 273 g/mol. The predicted octanol–water partition coefficient (Wildman–Crippen LogP) is 2.56. The predicted molar refractivity (Wildman–Crippen MR) is 83.7 cm³/mol. The second-order valence-corrected chi connectivity index (χ2v) is 5.47. The minimum absolute atomic E-state index is 0.0594. The quantitative estimate of drug-likeness (QED) is 0.655. The molecule has 0 aromatic heterocycles. The molecule has 1 amide bonds. The first-order valence-corrected chi connectivity index (χ1v) is 7.08. The summed E-state index contributed by atoms with van der Waals surface area (Å²) in [6.07, 6.45) is 3.88. The van der Waals surface area contributed by atoms with Crippen LogP contribution < -0.4 is 11.1 Å². The first-order chi connectivity index (χ1) is 9.54. The van der Waals surface area contributed by atoms with E-state index >= 15 is 0 Å². The van der Waals surface area contributed by atoms with E-state index in [1.165, 1.54) is 5.57 Å². The summed E-state index contributed by atoms with van der Waals surface area (Å²) in [4.78, 5) is 14.3. The van der Waals surface area contributed by atoms with Gasteiger partial charge in [-0.15, -0.1) is 0 Å². The first-order valence-electron chi connectivity index (χ1n) is 7.08. The molecular formula is C16H23N3O. The number of hydrogen-bond donors (Lipinski definition) is 2. The maximum absolute atomic E-state index is 12.0. The lowest BCUT2D eigenvalue weighted by atomic mass is 10.1. The Bertz CT molecular complexity index is 522. The van der Waals surface area contributed by atoms with Crippen molar-refractivity contribution in [3.63, 3.8) is 0 Å². The van der Waals surface area contributed by atoms with Gasteiger partial charge in [0.05, 0.1) is 0 Å². The molecule has 0 bridgehead atoms. The van der Waals surface area contributed by atoms with Gasteiger partial charge < -0.3 is 11.1 Å². The van der Waals surface area contributed by atoms with E-state index in [1.54, 1.807) is 6.07 Å². The summed E-state index contributed by atoms with van der Waals surface area (Å²) in [6, 6.07) is 5.53. The minimum atomic E-state index is 0.0594. The van der Waals surface area contributed by atoms with Crippen molar-refractivity contribution >= 4 is 17.3 Å². The number of carbonyl (C=O) groups excluding carboxylic acids is 1. The molecule has 4 heteroatoms. The van der Waals surface area contributed by atoms with Crippen LogP contribution in [0.4, 0.5) is 11.4 Å². The summed E-state index contributed by atoms with van der Waals surface area (Å²) in [5, 5.41) is 2.95. The molecule has 0 unspecified atom stereocenters. The number of nitrogens with one attached hydrogen (secondary N) is 1. The van der Waals surface area contributed by atoms with Crippen molar-refractivity contribution in [2.24, 2.45) is 0 Å². The van der Waals surface area contributed by atoms with Crippen molar-refractivity contribution in [2.75, 3.05) is 30.7 Å². The van der Waals surface area contributed by atoms with Gasteiger partial charge in [-0.05, 0) is 44.0 Å². The summed E-state index contributed by atoms with van der Waals surface area (Å²) in [6.45, 7) is 6.93. The van der Waals surface area contributed by atoms with Crippen LogP contribution in [0.2, 0.25) is 0 Å². The van der Waals surface area contributed by atoms with Gasteiger partial charge in [0.2, 0.25) is 5.91 Å². The number of benzene rings is 1. The highest BCUT2D eigenvalue weighted by Crippen LogP contribution is 2.18. The van der Waals surface area contributed by atoms with Crippen LogP contribution in [0.3, 0.4) is 0 Å². The Hall–Kier alpha value is -1.81. The highest BCUT2D eigenvalue weighted by atomic mass is 16.1. The number of nitrogens with zero attached hydrogens (tertiary/aromatic N) is 1. The van der Waals surface area contributed by atoms with E-state index in [0.717, 1.165) is 43.0 Å². The Morgan fingerprint density at radius 2 is 2.20 bits per heavy atom. The molecular weight excluding hydrogens is 250 g/mol. The average molecular weight is 273 g/mol. The maximum Gasteiger partial charge on any atom is 0.225 e. The lowest BCUT2D eigenvalue weighted by Gasteiger charge is -2.24. The molecule has 0 spiro atoms. The molecule has 1 aromatic carbocycles. The SMILES string of the molecule is CC1=CCN(CCC(=O)Nc2ccc(N)cc2C)CC1. The summed E-state index contributed by atoms with van der Waals surface area (Å²) >= 11 is 0. The summed E-state index contributed by atoms with van der Waals surface area (Å²) < 4.78 is 0. The number of rotatable bonds is 4. The molecule has 1 aliphatic rings. The highest BCUT2D eigenvalue weighted by Gasteiger charge is 2.11. The first kappa shape index (κ1) is 14.6. The van der Waals surface area contributed by atoms with Gasteiger partial charge >= 0.3 is 0 Å². The number of nitrogen functional groups attached to an aromatic ring is 1. The largest absolute Gasteiger partial charge is 0.399 e. The van der Waals surface area contributed by atoms with Gasteiger partial charge in [-0.2, -0.15) is 0 Å². The van der Waals surface area contributed by atoms with Gasteiger partial charge in [-0.25, -0.2) is 0 Å².